The van der Waals surface area contributed by atoms with Gasteiger partial charge < -0.3 is 24.7 Å². The van der Waals surface area contributed by atoms with Crippen molar-refractivity contribution >= 4 is 39.3 Å². The normalized spacial score (nSPS) is 12.3. The molecular formula is C24H21N3O4. The van der Waals surface area contributed by atoms with Gasteiger partial charge in [-0.25, -0.2) is 0 Å². The summed E-state index contributed by atoms with van der Waals surface area (Å²) in [5, 5.41) is 7.73. The Morgan fingerprint density at radius 3 is 2.61 bits per heavy atom. The summed E-state index contributed by atoms with van der Waals surface area (Å²) < 4.78 is 12.8. The molecule has 3 aromatic carbocycles. The summed E-state index contributed by atoms with van der Waals surface area (Å²) in [6.07, 6.45) is 0. The summed E-state index contributed by atoms with van der Waals surface area (Å²) >= 11 is 0. The SMILES string of the molecule is CCn1c2ccccc2c2cc(NC(=O)CNC(=O)c3ccc4c(c3)OCO4)ccc21. The lowest BCUT2D eigenvalue weighted by Gasteiger charge is -2.08. The zero-order valence-corrected chi connectivity index (χ0v) is 17.0. The van der Waals surface area contributed by atoms with Crippen molar-refractivity contribution in [2.45, 2.75) is 13.5 Å². The van der Waals surface area contributed by atoms with Crippen molar-refractivity contribution in [3.63, 3.8) is 0 Å². The first-order valence-corrected chi connectivity index (χ1v) is 10.1. The van der Waals surface area contributed by atoms with Crippen LogP contribution in [0.4, 0.5) is 5.69 Å². The van der Waals surface area contributed by atoms with Gasteiger partial charge in [-0.2, -0.15) is 0 Å². The number of fused-ring (bicyclic) bond motifs is 4. The second kappa shape index (κ2) is 7.68. The summed E-state index contributed by atoms with van der Waals surface area (Å²) in [6.45, 7) is 2.98. The summed E-state index contributed by atoms with van der Waals surface area (Å²) in [6, 6.07) is 19.0. The fraction of sp³-hybridized carbons (Fsp3) is 0.167. The Balaban J connectivity index is 1.29. The van der Waals surface area contributed by atoms with Gasteiger partial charge in [0.2, 0.25) is 12.7 Å². The molecule has 0 saturated carbocycles. The minimum absolute atomic E-state index is 0.137. The lowest BCUT2D eigenvalue weighted by molar-refractivity contribution is -0.115. The number of para-hydroxylation sites is 1. The van der Waals surface area contributed by atoms with Gasteiger partial charge in [0.1, 0.15) is 0 Å². The Morgan fingerprint density at radius 2 is 1.74 bits per heavy atom. The first kappa shape index (κ1) is 19.0. The molecule has 0 radical (unpaired) electrons. The van der Waals surface area contributed by atoms with Gasteiger partial charge in [-0.1, -0.05) is 18.2 Å². The van der Waals surface area contributed by atoms with Crippen molar-refractivity contribution in [3.05, 3.63) is 66.2 Å². The molecule has 31 heavy (non-hydrogen) atoms. The fourth-order valence-corrected chi connectivity index (χ4v) is 3.98. The minimum Gasteiger partial charge on any atom is -0.454 e. The highest BCUT2D eigenvalue weighted by molar-refractivity contribution is 6.10. The van der Waals surface area contributed by atoms with E-state index in [-0.39, 0.29) is 25.2 Å². The number of hydrogen-bond donors (Lipinski definition) is 2. The number of nitrogens with one attached hydrogen (secondary N) is 2. The van der Waals surface area contributed by atoms with Crippen molar-refractivity contribution in [2.75, 3.05) is 18.7 Å². The smallest absolute Gasteiger partial charge is 0.251 e. The number of amides is 2. The molecule has 2 N–H and O–H groups in total. The van der Waals surface area contributed by atoms with E-state index in [2.05, 4.69) is 34.3 Å². The highest BCUT2D eigenvalue weighted by atomic mass is 16.7. The maximum Gasteiger partial charge on any atom is 0.251 e. The molecule has 4 aromatic rings. The van der Waals surface area contributed by atoms with Gasteiger partial charge in [0, 0.05) is 39.6 Å². The Kier molecular flexibility index (Phi) is 4.71. The Labute approximate surface area is 178 Å². The predicted octanol–water partition coefficient (Wildman–Crippen LogP) is 3.91. The quantitative estimate of drug-likeness (QED) is 0.518. The second-order valence-corrected chi connectivity index (χ2v) is 7.29. The van der Waals surface area contributed by atoms with Crippen LogP contribution >= 0.6 is 0 Å². The first-order valence-electron chi connectivity index (χ1n) is 10.1. The van der Waals surface area contributed by atoms with Crippen molar-refractivity contribution in [2.24, 2.45) is 0 Å². The van der Waals surface area contributed by atoms with Crippen LogP contribution in [0, 0.1) is 0 Å². The first-order chi connectivity index (χ1) is 15.1. The van der Waals surface area contributed by atoms with Gasteiger partial charge in [-0.3, -0.25) is 9.59 Å². The predicted molar refractivity (Wildman–Crippen MR) is 119 cm³/mol. The van der Waals surface area contributed by atoms with Crippen molar-refractivity contribution in [1.82, 2.24) is 9.88 Å². The molecule has 0 spiro atoms. The number of hydrogen-bond acceptors (Lipinski definition) is 4. The van der Waals surface area contributed by atoms with Gasteiger partial charge in [0.05, 0.1) is 6.54 Å². The van der Waals surface area contributed by atoms with E-state index in [1.54, 1.807) is 18.2 Å². The maximum atomic E-state index is 12.4. The monoisotopic (exact) mass is 415 g/mol. The number of benzene rings is 3. The van der Waals surface area contributed by atoms with E-state index < -0.39 is 0 Å². The standard InChI is InChI=1S/C24H21N3O4/c1-2-27-19-6-4-3-5-17(19)18-12-16(8-9-20(18)27)26-23(28)13-25-24(29)15-7-10-21-22(11-15)31-14-30-21/h3-12H,2,13-14H2,1H3,(H,25,29)(H,26,28). The van der Waals surface area contributed by atoms with Gasteiger partial charge in [-0.15, -0.1) is 0 Å². The molecule has 5 rings (SSSR count). The van der Waals surface area contributed by atoms with E-state index in [0.29, 0.717) is 22.7 Å². The van der Waals surface area contributed by atoms with Gasteiger partial charge in [0.25, 0.3) is 5.91 Å². The highest BCUT2D eigenvalue weighted by Crippen LogP contribution is 2.33. The van der Waals surface area contributed by atoms with E-state index in [1.165, 1.54) is 5.52 Å². The minimum atomic E-state index is -0.352. The summed E-state index contributed by atoms with van der Waals surface area (Å²) in [4.78, 5) is 24.8. The second-order valence-electron chi connectivity index (χ2n) is 7.29. The van der Waals surface area contributed by atoms with E-state index in [0.717, 1.165) is 22.8 Å². The van der Waals surface area contributed by atoms with Gasteiger partial charge >= 0.3 is 0 Å². The van der Waals surface area contributed by atoms with E-state index in [9.17, 15) is 9.59 Å². The van der Waals surface area contributed by atoms with Crippen LogP contribution in [0.3, 0.4) is 0 Å². The van der Waals surface area contributed by atoms with Crippen molar-refractivity contribution in [3.8, 4) is 11.5 Å². The molecule has 2 heterocycles. The fourth-order valence-electron chi connectivity index (χ4n) is 3.98. The van der Waals surface area contributed by atoms with Gasteiger partial charge in [-0.05, 0) is 49.4 Å². The average Bonchev–Trinajstić information content (AvgIpc) is 3.39. The Morgan fingerprint density at radius 1 is 0.935 bits per heavy atom. The van der Waals surface area contributed by atoms with Crippen LogP contribution in [-0.2, 0) is 11.3 Å². The number of rotatable bonds is 5. The van der Waals surface area contributed by atoms with Crippen LogP contribution in [0.25, 0.3) is 21.8 Å². The largest absolute Gasteiger partial charge is 0.454 e. The molecule has 0 atom stereocenters. The van der Waals surface area contributed by atoms with Crippen LogP contribution in [0.2, 0.25) is 0 Å². The van der Waals surface area contributed by atoms with E-state index in [1.807, 2.05) is 30.3 Å². The third kappa shape index (κ3) is 3.44. The van der Waals surface area contributed by atoms with Crippen molar-refractivity contribution < 1.29 is 19.1 Å². The number of carbonyl (C=O) groups excluding carboxylic acids is 2. The highest BCUT2D eigenvalue weighted by Gasteiger charge is 2.17. The van der Waals surface area contributed by atoms with E-state index >= 15 is 0 Å². The number of nitrogens with zero attached hydrogens (tertiary/aromatic N) is 1. The lowest BCUT2D eigenvalue weighted by Crippen LogP contribution is -2.32. The molecular weight excluding hydrogens is 394 g/mol. The third-order valence-corrected chi connectivity index (χ3v) is 5.42. The average molecular weight is 415 g/mol. The lowest BCUT2D eigenvalue weighted by atomic mass is 10.1. The molecule has 7 heteroatoms. The van der Waals surface area contributed by atoms with Crippen LogP contribution < -0.4 is 20.1 Å². The van der Waals surface area contributed by atoms with Crippen LogP contribution in [-0.4, -0.2) is 29.7 Å². The topological polar surface area (TPSA) is 81.6 Å². The molecule has 1 aromatic heterocycles. The Hall–Kier alpha value is -4.00. The molecule has 0 saturated heterocycles. The molecule has 0 fully saturated rings. The molecule has 2 amide bonds. The number of aromatic nitrogens is 1. The third-order valence-electron chi connectivity index (χ3n) is 5.42. The molecule has 1 aliphatic heterocycles. The van der Waals surface area contributed by atoms with E-state index in [4.69, 9.17) is 9.47 Å². The van der Waals surface area contributed by atoms with Crippen molar-refractivity contribution in [1.29, 1.82) is 0 Å². The molecule has 0 unspecified atom stereocenters. The number of anilines is 1. The molecule has 1 aliphatic rings. The zero-order chi connectivity index (χ0) is 21.4. The Bertz CT molecular complexity index is 1330. The number of carbonyl (C=O) groups is 2. The zero-order valence-electron chi connectivity index (χ0n) is 17.0. The maximum absolute atomic E-state index is 12.4. The summed E-state index contributed by atoms with van der Waals surface area (Å²) in [7, 11) is 0. The number of ether oxygens (including phenoxy) is 2. The van der Waals surface area contributed by atoms with Crippen LogP contribution in [0.5, 0.6) is 11.5 Å². The van der Waals surface area contributed by atoms with Gasteiger partial charge in [0.15, 0.2) is 11.5 Å². The molecule has 0 aliphatic carbocycles. The molecule has 0 bridgehead atoms. The molecule has 156 valence electrons. The van der Waals surface area contributed by atoms with Crippen LogP contribution in [0.15, 0.2) is 60.7 Å². The summed E-state index contributed by atoms with van der Waals surface area (Å²) in [5.41, 5.74) is 3.39. The molecule has 7 nitrogen and oxygen atoms in total. The number of aryl methyl sites for hydroxylation is 1. The van der Waals surface area contributed by atoms with Crippen LogP contribution in [0.1, 0.15) is 17.3 Å². The summed E-state index contributed by atoms with van der Waals surface area (Å²) in [5.74, 6) is 0.480.